The van der Waals surface area contributed by atoms with E-state index in [4.69, 9.17) is 11.6 Å². The van der Waals surface area contributed by atoms with Crippen molar-refractivity contribution < 1.29 is 4.79 Å². The number of ketones is 1. The first-order valence-electron chi connectivity index (χ1n) is 6.63. The van der Waals surface area contributed by atoms with Crippen LogP contribution >= 0.6 is 11.6 Å². The number of Topliss-reactive ketones (excluding diaryl/α,β-unsaturated/α-hetero) is 1. The van der Waals surface area contributed by atoms with Crippen LogP contribution in [0.2, 0.25) is 5.02 Å². The first-order valence-corrected chi connectivity index (χ1v) is 7.00. The highest BCUT2D eigenvalue weighted by molar-refractivity contribution is 6.34. The number of anilines is 1. The second kappa shape index (κ2) is 5.75. The van der Waals surface area contributed by atoms with Gasteiger partial charge in [0.25, 0.3) is 0 Å². The van der Waals surface area contributed by atoms with Crippen molar-refractivity contribution in [1.29, 1.82) is 0 Å². The monoisotopic (exact) mass is 265 g/mol. The number of rotatable bonds is 3. The van der Waals surface area contributed by atoms with Gasteiger partial charge in [-0.25, -0.2) is 0 Å². The topological polar surface area (TPSA) is 20.3 Å². The van der Waals surface area contributed by atoms with Gasteiger partial charge >= 0.3 is 0 Å². The fourth-order valence-corrected chi connectivity index (χ4v) is 3.00. The summed E-state index contributed by atoms with van der Waals surface area (Å²) in [6, 6.07) is 6.35. The lowest BCUT2D eigenvalue weighted by molar-refractivity contribution is 0.101. The van der Waals surface area contributed by atoms with Crippen LogP contribution in [0.1, 0.15) is 49.4 Å². The molecule has 1 aromatic carbocycles. The fraction of sp³-hybridized carbons (Fsp3) is 0.533. The Kier molecular flexibility index (Phi) is 4.28. The average molecular weight is 266 g/mol. The van der Waals surface area contributed by atoms with Gasteiger partial charge in [-0.05, 0) is 38.0 Å². The Morgan fingerprint density at radius 2 is 1.94 bits per heavy atom. The Bertz CT molecular complexity index is 438. The molecule has 0 atom stereocenters. The van der Waals surface area contributed by atoms with Crippen molar-refractivity contribution in [2.24, 2.45) is 0 Å². The Balaban J connectivity index is 2.17. The largest absolute Gasteiger partial charge is 0.372 e. The van der Waals surface area contributed by atoms with Gasteiger partial charge < -0.3 is 4.90 Å². The molecule has 0 saturated heterocycles. The molecule has 0 aliphatic heterocycles. The summed E-state index contributed by atoms with van der Waals surface area (Å²) in [4.78, 5) is 13.7. The standard InChI is InChI=1S/C15H20ClNO/c1-11(18)14-9-8-13(10-15(14)16)17(2)12-6-4-3-5-7-12/h8-10,12H,3-7H2,1-2H3. The maximum Gasteiger partial charge on any atom is 0.161 e. The van der Waals surface area contributed by atoms with E-state index in [0.29, 0.717) is 16.6 Å². The zero-order valence-electron chi connectivity index (χ0n) is 11.1. The van der Waals surface area contributed by atoms with E-state index in [0.717, 1.165) is 5.69 Å². The molecule has 0 heterocycles. The van der Waals surface area contributed by atoms with E-state index >= 15 is 0 Å². The minimum Gasteiger partial charge on any atom is -0.372 e. The zero-order valence-corrected chi connectivity index (χ0v) is 11.8. The third kappa shape index (κ3) is 2.86. The van der Waals surface area contributed by atoms with E-state index in [9.17, 15) is 4.79 Å². The maximum absolute atomic E-state index is 11.4. The number of carbonyl (C=O) groups is 1. The van der Waals surface area contributed by atoms with Crippen LogP contribution in [0.4, 0.5) is 5.69 Å². The number of benzene rings is 1. The lowest BCUT2D eigenvalue weighted by Gasteiger charge is -2.33. The van der Waals surface area contributed by atoms with E-state index in [-0.39, 0.29) is 5.78 Å². The second-order valence-electron chi connectivity index (χ2n) is 5.12. The molecule has 18 heavy (non-hydrogen) atoms. The zero-order chi connectivity index (χ0) is 13.1. The van der Waals surface area contributed by atoms with Gasteiger partial charge in [0.05, 0.1) is 5.02 Å². The fourth-order valence-electron chi connectivity index (χ4n) is 2.69. The van der Waals surface area contributed by atoms with Gasteiger partial charge in [0.15, 0.2) is 5.78 Å². The second-order valence-corrected chi connectivity index (χ2v) is 5.53. The Labute approximate surface area is 114 Å². The smallest absolute Gasteiger partial charge is 0.161 e. The summed E-state index contributed by atoms with van der Waals surface area (Å²) in [6.45, 7) is 1.55. The van der Waals surface area contributed by atoms with Crippen molar-refractivity contribution in [3.05, 3.63) is 28.8 Å². The molecular weight excluding hydrogens is 246 g/mol. The van der Waals surface area contributed by atoms with Crippen molar-refractivity contribution in [2.45, 2.75) is 45.1 Å². The highest BCUT2D eigenvalue weighted by Crippen LogP contribution is 2.29. The molecule has 0 aromatic heterocycles. The van der Waals surface area contributed by atoms with Crippen LogP contribution in [-0.4, -0.2) is 18.9 Å². The van der Waals surface area contributed by atoms with Crippen LogP contribution in [0, 0.1) is 0 Å². The van der Waals surface area contributed by atoms with E-state index in [1.807, 2.05) is 18.2 Å². The third-order valence-corrected chi connectivity index (χ3v) is 4.17. The van der Waals surface area contributed by atoms with Gasteiger partial charge in [-0.1, -0.05) is 30.9 Å². The molecule has 1 aliphatic rings. The van der Waals surface area contributed by atoms with Crippen LogP contribution in [0.5, 0.6) is 0 Å². The molecule has 3 heteroatoms. The van der Waals surface area contributed by atoms with Gasteiger partial charge in [-0.2, -0.15) is 0 Å². The number of halogens is 1. The van der Waals surface area contributed by atoms with Crippen LogP contribution < -0.4 is 4.90 Å². The van der Waals surface area contributed by atoms with Gasteiger partial charge in [-0.3, -0.25) is 4.79 Å². The molecular formula is C15H20ClNO. The van der Waals surface area contributed by atoms with Gasteiger partial charge in [0, 0.05) is 24.3 Å². The van der Waals surface area contributed by atoms with Gasteiger partial charge in [0.1, 0.15) is 0 Å². The number of nitrogens with zero attached hydrogens (tertiary/aromatic N) is 1. The van der Waals surface area contributed by atoms with Crippen molar-refractivity contribution in [3.63, 3.8) is 0 Å². The lowest BCUT2D eigenvalue weighted by atomic mass is 9.94. The summed E-state index contributed by atoms with van der Waals surface area (Å²) < 4.78 is 0. The summed E-state index contributed by atoms with van der Waals surface area (Å²) in [7, 11) is 2.12. The molecule has 0 unspecified atom stereocenters. The number of hydrogen-bond acceptors (Lipinski definition) is 2. The highest BCUT2D eigenvalue weighted by Gasteiger charge is 2.19. The first kappa shape index (κ1) is 13.4. The Hall–Kier alpha value is -1.02. The van der Waals surface area contributed by atoms with Crippen LogP contribution in [-0.2, 0) is 0 Å². The van der Waals surface area contributed by atoms with Crippen LogP contribution in [0.15, 0.2) is 18.2 Å². The van der Waals surface area contributed by atoms with Crippen molar-refractivity contribution in [2.75, 3.05) is 11.9 Å². The van der Waals surface area contributed by atoms with Gasteiger partial charge in [-0.15, -0.1) is 0 Å². The molecule has 2 nitrogen and oxygen atoms in total. The molecule has 1 saturated carbocycles. The first-order chi connectivity index (χ1) is 8.59. The molecule has 0 amide bonds. The van der Waals surface area contributed by atoms with Crippen molar-refractivity contribution in [3.8, 4) is 0 Å². The van der Waals surface area contributed by atoms with E-state index in [1.54, 1.807) is 6.92 Å². The molecule has 98 valence electrons. The van der Waals surface area contributed by atoms with E-state index < -0.39 is 0 Å². The Morgan fingerprint density at radius 3 is 2.50 bits per heavy atom. The SMILES string of the molecule is CC(=O)c1ccc(N(C)C2CCCCC2)cc1Cl. The summed E-state index contributed by atoms with van der Waals surface area (Å²) in [5.74, 6) is 0.0202. The van der Waals surface area contributed by atoms with Crippen LogP contribution in [0.25, 0.3) is 0 Å². The van der Waals surface area contributed by atoms with E-state index in [1.165, 1.54) is 32.1 Å². The molecule has 1 fully saturated rings. The summed E-state index contributed by atoms with van der Waals surface area (Å²) in [5.41, 5.74) is 1.72. The molecule has 1 aromatic rings. The molecule has 0 spiro atoms. The summed E-state index contributed by atoms with van der Waals surface area (Å²) >= 11 is 6.16. The molecule has 0 radical (unpaired) electrons. The molecule has 0 bridgehead atoms. The third-order valence-electron chi connectivity index (χ3n) is 3.86. The molecule has 1 aliphatic carbocycles. The average Bonchev–Trinajstić information content (AvgIpc) is 2.38. The number of carbonyl (C=O) groups excluding carboxylic acids is 1. The quantitative estimate of drug-likeness (QED) is 0.759. The minimum atomic E-state index is 0.0202. The highest BCUT2D eigenvalue weighted by atomic mass is 35.5. The summed E-state index contributed by atoms with van der Waals surface area (Å²) in [6.07, 6.45) is 6.49. The van der Waals surface area contributed by atoms with Crippen molar-refractivity contribution >= 4 is 23.1 Å². The number of hydrogen-bond donors (Lipinski definition) is 0. The Morgan fingerprint density at radius 1 is 1.28 bits per heavy atom. The van der Waals surface area contributed by atoms with Crippen LogP contribution in [0.3, 0.4) is 0 Å². The maximum atomic E-state index is 11.4. The predicted octanol–water partition coefficient (Wildman–Crippen LogP) is 4.31. The minimum absolute atomic E-state index is 0.0202. The predicted molar refractivity (Wildman–Crippen MR) is 76.7 cm³/mol. The summed E-state index contributed by atoms with van der Waals surface area (Å²) in [5, 5.41) is 0.558. The normalized spacial score (nSPS) is 16.6. The van der Waals surface area contributed by atoms with E-state index in [2.05, 4.69) is 11.9 Å². The molecule has 2 rings (SSSR count). The van der Waals surface area contributed by atoms with Gasteiger partial charge in [0.2, 0.25) is 0 Å². The lowest BCUT2D eigenvalue weighted by Crippen LogP contribution is -2.33. The van der Waals surface area contributed by atoms with Crippen molar-refractivity contribution in [1.82, 2.24) is 0 Å². The molecule has 0 N–H and O–H groups in total.